The molecule has 20 heavy (non-hydrogen) atoms. The zero-order valence-electron chi connectivity index (χ0n) is 12.3. The van der Waals surface area contributed by atoms with Crippen LogP contribution in [0.1, 0.15) is 33.6 Å². The highest BCUT2D eigenvalue weighted by molar-refractivity contribution is 5.93. The lowest BCUT2D eigenvalue weighted by Crippen LogP contribution is -2.52. The third kappa shape index (κ3) is 4.30. The summed E-state index contributed by atoms with van der Waals surface area (Å²) in [4.78, 5) is 34.8. The van der Waals surface area contributed by atoms with E-state index in [0.717, 1.165) is 6.42 Å². The Labute approximate surface area is 119 Å². The number of Topliss-reactive ketones (excluding diaryl/α,β-unsaturated/α-hetero) is 1. The normalized spacial score (nSPS) is 23.4. The number of rotatable bonds is 6. The summed E-state index contributed by atoms with van der Waals surface area (Å²) in [5.41, 5.74) is 4.47. The number of ether oxygens (including phenoxy) is 1. The fraction of sp³-hybridized carbons (Fsp3) is 0.714. The zero-order valence-corrected chi connectivity index (χ0v) is 12.3. The van der Waals surface area contributed by atoms with E-state index in [1.807, 2.05) is 6.92 Å². The van der Waals surface area contributed by atoms with Gasteiger partial charge >= 0.3 is 0 Å². The molecule has 1 heterocycles. The molecule has 1 radical (unpaired) electrons. The molecule has 0 aliphatic carbocycles. The highest BCUT2D eigenvalue weighted by Gasteiger charge is 2.33. The van der Waals surface area contributed by atoms with Crippen molar-refractivity contribution in [2.75, 3.05) is 13.2 Å². The molecule has 2 amide bonds. The van der Waals surface area contributed by atoms with E-state index in [1.165, 1.54) is 6.42 Å². The first-order valence-corrected chi connectivity index (χ1v) is 6.82. The van der Waals surface area contributed by atoms with Crippen LogP contribution in [0.15, 0.2) is 0 Å². The minimum absolute atomic E-state index is 0.00208. The summed E-state index contributed by atoms with van der Waals surface area (Å²) < 4.78 is 5.17. The van der Waals surface area contributed by atoms with Gasteiger partial charge in [0.15, 0.2) is 5.78 Å². The molecule has 1 fully saturated rings. The van der Waals surface area contributed by atoms with E-state index in [-0.39, 0.29) is 30.6 Å². The van der Waals surface area contributed by atoms with Crippen molar-refractivity contribution < 1.29 is 19.1 Å². The van der Waals surface area contributed by atoms with Crippen LogP contribution in [0.25, 0.3) is 0 Å². The summed E-state index contributed by atoms with van der Waals surface area (Å²) in [6.45, 7) is 5.81. The lowest BCUT2D eigenvalue weighted by Gasteiger charge is -2.30. The molecule has 0 aromatic rings. The molecule has 0 spiro atoms. The molecule has 0 bridgehead atoms. The van der Waals surface area contributed by atoms with Gasteiger partial charge in [-0.25, -0.2) is 0 Å². The molecule has 1 rings (SSSR count). The van der Waals surface area contributed by atoms with Crippen molar-refractivity contribution in [1.29, 1.82) is 0 Å². The van der Waals surface area contributed by atoms with Gasteiger partial charge in [0.25, 0.3) is 0 Å². The van der Waals surface area contributed by atoms with Gasteiger partial charge in [-0.05, 0) is 12.8 Å². The molecule has 0 aromatic heterocycles. The lowest BCUT2D eigenvalue weighted by molar-refractivity contribution is -0.137. The van der Waals surface area contributed by atoms with Gasteiger partial charge in [-0.2, -0.15) is 0 Å². The second kappa shape index (κ2) is 6.83. The van der Waals surface area contributed by atoms with Crippen LogP contribution in [-0.2, 0) is 19.1 Å². The molecule has 6 nitrogen and oxygen atoms in total. The average molecular weight is 283 g/mol. The zero-order chi connectivity index (χ0) is 15.3. The van der Waals surface area contributed by atoms with E-state index in [4.69, 9.17) is 10.5 Å². The first kappa shape index (κ1) is 16.6. The summed E-state index contributed by atoms with van der Waals surface area (Å²) >= 11 is 0. The van der Waals surface area contributed by atoms with Crippen molar-refractivity contribution in [3.63, 3.8) is 0 Å². The fourth-order valence-corrected chi connectivity index (χ4v) is 1.97. The molecule has 0 aromatic carbocycles. The fourth-order valence-electron chi connectivity index (χ4n) is 1.97. The Balaban J connectivity index is 2.52. The van der Waals surface area contributed by atoms with E-state index in [0.29, 0.717) is 6.61 Å². The molecule has 1 aliphatic heterocycles. The van der Waals surface area contributed by atoms with Gasteiger partial charge in [0.2, 0.25) is 11.8 Å². The van der Waals surface area contributed by atoms with Crippen molar-refractivity contribution in [3.05, 3.63) is 6.42 Å². The number of primary amides is 1. The van der Waals surface area contributed by atoms with Crippen molar-refractivity contribution in [2.24, 2.45) is 17.1 Å². The summed E-state index contributed by atoms with van der Waals surface area (Å²) in [6.07, 6.45) is 2.37. The van der Waals surface area contributed by atoms with E-state index >= 15 is 0 Å². The lowest BCUT2D eigenvalue weighted by atomic mass is 9.86. The molecule has 0 saturated carbocycles. The van der Waals surface area contributed by atoms with Gasteiger partial charge in [0.05, 0.1) is 19.1 Å². The molecule has 1 aliphatic rings. The Morgan fingerprint density at radius 2 is 2.15 bits per heavy atom. The van der Waals surface area contributed by atoms with Crippen molar-refractivity contribution in [3.8, 4) is 0 Å². The summed E-state index contributed by atoms with van der Waals surface area (Å²) in [5.74, 6) is -0.926. The number of carbonyl (C=O) groups excluding carboxylic acids is 3. The van der Waals surface area contributed by atoms with Crippen LogP contribution in [0.3, 0.4) is 0 Å². The maximum Gasteiger partial charge on any atom is 0.224 e. The number of ketones is 1. The van der Waals surface area contributed by atoms with E-state index in [9.17, 15) is 14.4 Å². The van der Waals surface area contributed by atoms with Crippen LogP contribution in [0.4, 0.5) is 0 Å². The van der Waals surface area contributed by atoms with Gasteiger partial charge in [0.1, 0.15) is 6.61 Å². The molecule has 113 valence electrons. The van der Waals surface area contributed by atoms with Gasteiger partial charge in [-0.3, -0.25) is 14.4 Å². The number of hydrogen-bond acceptors (Lipinski definition) is 4. The molecule has 6 heteroatoms. The minimum atomic E-state index is -0.777. The highest BCUT2D eigenvalue weighted by Crippen LogP contribution is 2.21. The van der Waals surface area contributed by atoms with Gasteiger partial charge in [-0.15, -0.1) is 0 Å². The Hall–Kier alpha value is -1.43. The maximum atomic E-state index is 11.9. The third-order valence-corrected chi connectivity index (χ3v) is 3.68. The standard InChI is InChI=1S/C14H23N2O4/c1-4-9-7-20-8-10(17)12(9)16-11(18)5-6-14(2,3)13(15)19/h5,9,12H,4,6-8H2,1-3H3,(H2,15,19)(H,16,18). The van der Waals surface area contributed by atoms with E-state index in [2.05, 4.69) is 5.32 Å². The predicted octanol–water partition coefficient (Wildman–Crippen LogP) is 0.203. The van der Waals surface area contributed by atoms with Crippen LogP contribution >= 0.6 is 0 Å². The van der Waals surface area contributed by atoms with E-state index < -0.39 is 17.4 Å². The molecule has 2 atom stereocenters. The molecule has 3 N–H and O–H groups in total. The first-order chi connectivity index (χ1) is 9.27. The minimum Gasteiger partial charge on any atom is -0.373 e. The van der Waals surface area contributed by atoms with Gasteiger partial charge < -0.3 is 15.8 Å². The van der Waals surface area contributed by atoms with Crippen LogP contribution in [-0.4, -0.2) is 36.9 Å². The Morgan fingerprint density at radius 3 is 2.70 bits per heavy atom. The van der Waals surface area contributed by atoms with Crippen LogP contribution in [0, 0.1) is 17.8 Å². The summed E-state index contributed by atoms with van der Waals surface area (Å²) in [5, 5.41) is 2.71. The summed E-state index contributed by atoms with van der Waals surface area (Å²) in [6, 6.07) is -0.505. The number of hydrogen-bond donors (Lipinski definition) is 2. The average Bonchev–Trinajstić information content (AvgIpc) is 2.38. The number of nitrogens with one attached hydrogen (secondary N) is 1. The largest absolute Gasteiger partial charge is 0.373 e. The quantitative estimate of drug-likeness (QED) is 0.727. The Bertz CT molecular complexity index is 393. The molecular weight excluding hydrogens is 260 g/mol. The van der Waals surface area contributed by atoms with Gasteiger partial charge in [-0.1, -0.05) is 20.8 Å². The number of amides is 2. The van der Waals surface area contributed by atoms with E-state index in [1.54, 1.807) is 13.8 Å². The topological polar surface area (TPSA) is 98.5 Å². The highest BCUT2D eigenvalue weighted by atomic mass is 16.5. The molecule has 1 saturated heterocycles. The second-order valence-corrected chi connectivity index (χ2v) is 5.79. The number of carbonyl (C=O) groups is 3. The SMILES string of the molecule is CCC1COCC(=O)C1NC(=O)[CH]CC(C)(C)C(N)=O. The molecular formula is C14H23N2O4. The Kier molecular flexibility index (Phi) is 5.68. The van der Waals surface area contributed by atoms with Crippen molar-refractivity contribution in [1.82, 2.24) is 5.32 Å². The smallest absolute Gasteiger partial charge is 0.224 e. The van der Waals surface area contributed by atoms with Crippen LogP contribution in [0.2, 0.25) is 0 Å². The van der Waals surface area contributed by atoms with Crippen LogP contribution in [0.5, 0.6) is 0 Å². The number of nitrogens with two attached hydrogens (primary N) is 1. The van der Waals surface area contributed by atoms with Gasteiger partial charge in [0, 0.05) is 11.3 Å². The molecule has 2 unspecified atom stereocenters. The second-order valence-electron chi connectivity index (χ2n) is 5.79. The maximum absolute atomic E-state index is 11.9. The predicted molar refractivity (Wildman–Crippen MR) is 73.4 cm³/mol. The third-order valence-electron chi connectivity index (χ3n) is 3.68. The Morgan fingerprint density at radius 1 is 1.50 bits per heavy atom. The summed E-state index contributed by atoms with van der Waals surface area (Å²) in [7, 11) is 0. The van der Waals surface area contributed by atoms with Crippen LogP contribution < -0.4 is 11.1 Å². The first-order valence-electron chi connectivity index (χ1n) is 6.82. The van der Waals surface area contributed by atoms with Crippen molar-refractivity contribution >= 4 is 17.6 Å². The van der Waals surface area contributed by atoms with Crippen molar-refractivity contribution in [2.45, 2.75) is 39.7 Å². The monoisotopic (exact) mass is 283 g/mol.